The van der Waals surface area contributed by atoms with Crippen molar-refractivity contribution in [1.29, 1.82) is 0 Å². The molecule has 4 heteroatoms. The number of benzene rings is 3. The van der Waals surface area contributed by atoms with Gasteiger partial charge in [0.1, 0.15) is 11.5 Å². The fourth-order valence-electron chi connectivity index (χ4n) is 3.35. The molecular formula is C22H18ClNO2. The first-order valence-electron chi connectivity index (χ1n) is 8.55. The molecule has 0 saturated carbocycles. The van der Waals surface area contributed by atoms with Gasteiger partial charge >= 0.3 is 0 Å². The summed E-state index contributed by atoms with van der Waals surface area (Å²) in [5, 5.41) is 3.78. The van der Waals surface area contributed by atoms with Gasteiger partial charge in [0, 0.05) is 16.1 Å². The zero-order valence-electron chi connectivity index (χ0n) is 14.3. The van der Waals surface area contributed by atoms with Crippen LogP contribution in [0.15, 0.2) is 72.8 Å². The normalized spacial score (nSPS) is 13.9. The number of carbonyl (C=O) groups is 1. The SMILES string of the molecule is C[C@H](NC(=O)C1c2ccccc2Oc2ccccc21)c1cccc(Cl)c1. The molecule has 0 saturated heterocycles. The molecule has 1 aliphatic heterocycles. The zero-order valence-corrected chi connectivity index (χ0v) is 15.0. The molecule has 1 aliphatic rings. The Morgan fingerprint density at radius 2 is 1.58 bits per heavy atom. The van der Waals surface area contributed by atoms with Gasteiger partial charge in [0.25, 0.3) is 0 Å². The molecule has 1 N–H and O–H groups in total. The van der Waals surface area contributed by atoms with Gasteiger partial charge in [0.2, 0.25) is 5.91 Å². The predicted molar refractivity (Wildman–Crippen MR) is 103 cm³/mol. The molecule has 0 unspecified atom stereocenters. The maximum Gasteiger partial charge on any atom is 0.232 e. The fourth-order valence-corrected chi connectivity index (χ4v) is 3.55. The minimum atomic E-state index is -0.405. The lowest BCUT2D eigenvalue weighted by Crippen LogP contribution is -2.33. The lowest BCUT2D eigenvalue weighted by molar-refractivity contribution is -0.122. The van der Waals surface area contributed by atoms with E-state index >= 15 is 0 Å². The minimum Gasteiger partial charge on any atom is -0.457 e. The van der Waals surface area contributed by atoms with Crippen LogP contribution in [0.25, 0.3) is 0 Å². The Balaban J connectivity index is 1.67. The van der Waals surface area contributed by atoms with Gasteiger partial charge in [-0.05, 0) is 36.8 Å². The Bertz CT molecular complexity index is 924. The molecule has 0 fully saturated rings. The fraction of sp³-hybridized carbons (Fsp3) is 0.136. The number of hydrogen-bond acceptors (Lipinski definition) is 2. The van der Waals surface area contributed by atoms with Gasteiger partial charge in [-0.25, -0.2) is 0 Å². The van der Waals surface area contributed by atoms with Crippen LogP contribution in [0.2, 0.25) is 5.02 Å². The number of halogens is 1. The van der Waals surface area contributed by atoms with E-state index in [2.05, 4.69) is 5.32 Å². The number of fused-ring (bicyclic) bond motifs is 2. The van der Waals surface area contributed by atoms with Crippen LogP contribution in [0.3, 0.4) is 0 Å². The highest BCUT2D eigenvalue weighted by Crippen LogP contribution is 2.44. The standard InChI is InChI=1S/C22H18ClNO2/c1-14(15-7-6-8-16(23)13-15)24-22(25)21-17-9-2-4-11-19(17)26-20-12-5-3-10-18(20)21/h2-14,21H,1H3,(H,24,25)/t14-/m0/s1. The minimum absolute atomic E-state index is 0.0549. The summed E-state index contributed by atoms with van der Waals surface area (Å²) < 4.78 is 5.97. The summed E-state index contributed by atoms with van der Waals surface area (Å²) in [5.41, 5.74) is 2.73. The zero-order chi connectivity index (χ0) is 18.1. The molecule has 26 heavy (non-hydrogen) atoms. The largest absolute Gasteiger partial charge is 0.457 e. The number of amides is 1. The van der Waals surface area contributed by atoms with E-state index in [-0.39, 0.29) is 11.9 Å². The third-order valence-electron chi connectivity index (χ3n) is 4.65. The van der Waals surface area contributed by atoms with Gasteiger partial charge in [-0.1, -0.05) is 60.1 Å². The first kappa shape index (κ1) is 16.7. The summed E-state index contributed by atoms with van der Waals surface area (Å²) in [6.07, 6.45) is 0. The molecule has 3 aromatic carbocycles. The van der Waals surface area contributed by atoms with Gasteiger partial charge in [0.15, 0.2) is 0 Å². The third-order valence-corrected chi connectivity index (χ3v) is 4.88. The molecule has 0 spiro atoms. The smallest absolute Gasteiger partial charge is 0.232 e. The average molecular weight is 364 g/mol. The second-order valence-corrected chi connectivity index (χ2v) is 6.83. The van der Waals surface area contributed by atoms with E-state index in [1.807, 2.05) is 79.7 Å². The Kier molecular flexibility index (Phi) is 4.39. The maximum absolute atomic E-state index is 13.2. The lowest BCUT2D eigenvalue weighted by Gasteiger charge is -2.28. The van der Waals surface area contributed by atoms with Gasteiger partial charge in [-0.15, -0.1) is 0 Å². The molecule has 1 amide bonds. The number of para-hydroxylation sites is 2. The molecule has 3 aromatic rings. The van der Waals surface area contributed by atoms with Gasteiger partial charge in [-0.3, -0.25) is 4.79 Å². The van der Waals surface area contributed by atoms with Gasteiger partial charge < -0.3 is 10.1 Å². The molecular weight excluding hydrogens is 346 g/mol. The first-order valence-corrected chi connectivity index (χ1v) is 8.93. The number of ether oxygens (including phenoxy) is 1. The summed E-state index contributed by atoms with van der Waals surface area (Å²) in [7, 11) is 0. The first-order chi connectivity index (χ1) is 12.6. The molecule has 1 atom stereocenters. The van der Waals surface area contributed by atoms with Crippen molar-refractivity contribution in [1.82, 2.24) is 5.32 Å². The highest BCUT2D eigenvalue weighted by molar-refractivity contribution is 6.30. The monoisotopic (exact) mass is 363 g/mol. The molecule has 0 radical (unpaired) electrons. The maximum atomic E-state index is 13.2. The van der Waals surface area contributed by atoms with E-state index in [9.17, 15) is 4.79 Å². The highest BCUT2D eigenvalue weighted by Gasteiger charge is 2.32. The summed E-state index contributed by atoms with van der Waals surface area (Å²) in [4.78, 5) is 13.2. The molecule has 0 aromatic heterocycles. The van der Waals surface area contributed by atoms with Crippen LogP contribution in [0, 0.1) is 0 Å². The van der Waals surface area contributed by atoms with Crippen molar-refractivity contribution in [3.63, 3.8) is 0 Å². The Morgan fingerprint density at radius 1 is 0.962 bits per heavy atom. The Labute approximate surface area is 157 Å². The van der Waals surface area contributed by atoms with Gasteiger partial charge in [0.05, 0.1) is 12.0 Å². The third kappa shape index (κ3) is 3.06. The van der Waals surface area contributed by atoms with Crippen molar-refractivity contribution in [2.75, 3.05) is 0 Å². The van der Waals surface area contributed by atoms with E-state index in [1.54, 1.807) is 0 Å². The highest BCUT2D eigenvalue weighted by atomic mass is 35.5. The Hall–Kier alpha value is -2.78. The number of hydrogen-bond donors (Lipinski definition) is 1. The molecule has 0 bridgehead atoms. The second-order valence-electron chi connectivity index (χ2n) is 6.40. The molecule has 130 valence electrons. The topological polar surface area (TPSA) is 38.3 Å². The second kappa shape index (κ2) is 6.85. The van der Waals surface area contributed by atoms with Crippen LogP contribution in [0.5, 0.6) is 11.5 Å². The number of rotatable bonds is 3. The summed E-state index contributed by atoms with van der Waals surface area (Å²) in [6, 6.07) is 22.8. The van der Waals surface area contributed by atoms with Crippen LogP contribution in [0.4, 0.5) is 0 Å². The summed E-state index contributed by atoms with van der Waals surface area (Å²) >= 11 is 6.08. The van der Waals surface area contributed by atoms with Crippen molar-refractivity contribution in [3.05, 3.63) is 94.5 Å². The van der Waals surface area contributed by atoms with Crippen LogP contribution in [-0.2, 0) is 4.79 Å². The van der Waals surface area contributed by atoms with E-state index < -0.39 is 5.92 Å². The predicted octanol–water partition coefficient (Wildman–Crippen LogP) is 5.46. The van der Waals surface area contributed by atoms with Crippen molar-refractivity contribution >= 4 is 17.5 Å². The lowest BCUT2D eigenvalue weighted by atomic mass is 9.87. The van der Waals surface area contributed by atoms with E-state index in [0.29, 0.717) is 5.02 Å². The van der Waals surface area contributed by atoms with Crippen molar-refractivity contribution in [3.8, 4) is 11.5 Å². The molecule has 1 heterocycles. The van der Waals surface area contributed by atoms with Crippen LogP contribution in [0.1, 0.15) is 35.6 Å². The average Bonchev–Trinajstić information content (AvgIpc) is 2.65. The number of carbonyl (C=O) groups excluding carboxylic acids is 1. The van der Waals surface area contributed by atoms with Crippen LogP contribution < -0.4 is 10.1 Å². The number of nitrogens with one attached hydrogen (secondary N) is 1. The Morgan fingerprint density at radius 3 is 2.19 bits per heavy atom. The van der Waals surface area contributed by atoms with Gasteiger partial charge in [-0.2, -0.15) is 0 Å². The quantitative estimate of drug-likeness (QED) is 0.671. The van der Waals surface area contributed by atoms with Crippen molar-refractivity contribution < 1.29 is 9.53 Å². The molecule has 4 rings (SSSR count). The molecule has 3 nitrogen and oxygen atoms in total. The van der Waals surface area contributed by atoms with Crippen molar-refractivity contribution in [2.45, 2.75) is 18.9 Å². The van der Waals surface area contributed by atoms with Crippen LogP contribution >= 0.6 is 11.6 Å². The summed E-state index contributed by atoms with van der Waals surface area (Å²) in [6.45, 7) is 1.96. The van der Waals surface area contributed by atoms with Crippen molar-refractivity contribution in [2.24, 2.45) is 0 Å². The molecule has 0 aliphatic carbocycles. The van der Waals surface area contributed by atoms with E-state index in [4.69, 9.17) is 16.3 Å². The van der Waals surface area contributed by atoms with E-state index in [1.165, 1.54) is 0 Å². The van der Waals surface area contributed by atoms with E-state index in [0.717, 1.165) is 28.2 Å². The van der Waals surface area contributed by atoms with Crippen LogP contribution in [-0.4, -0.2) is 5.91 Å². The summed E-state index contributed by atoms with van der Waals surface area (Å²) in [5.74, 6) is 0.988.